The highest BCUT2D eigenvalue weighted by molar-refractivity contribution is 6.28. The summed E-state index contributed by atoms with van der Waals surface area (Å²) in [5, 5.41) is 29.6. The number of aliphatic hydroxyl groups is 2. The molecule has 166 valence electrons. The van der Waals surface area contributed by atoms with E-state index in [1.807, 2.05) is 6.92 Å². The second-order valence-electron chi connectivity index (χ2n) is 9.26. The van der Waals surface area contributed by atoms with Gasteiger partial charge in [0.05, 0.1) is 18.3 Å². The Bertz CT molecular complexity index is 786. The van der Waals surface area contributed by atoms with Gasteiger partial charge in [0.1, 0.15) is 12.7 Å². The molecule has 0 amide bonds. The first-order chi connectivity index (χ1) is 14.0. The second-order valence-corrected chi connectivity index (χ2v) is 9.26. The molecule has 2 saturated carbocycles. The van der Waals surface area contributed by atoms with E-state index in [1.165, 1.54) is 0 Å². The third-order valence-electron chi connectivity index (χ3n) is 7.58. The number of carbonyl (C=O) groups is 3. The van der Waals surface area contributed by atoms with Gasteiger partial charge in [-0.15, -0.1) is 0 Å². The lowest BCUT2D eigenvalue weighted by Crippen LogP contribution is -2.57. The number of cyclic esters (lactones) is 1. The third kappa shape index (κ3) is 3.78. The van der Waals surface area contributed by atoms with Gasteiger partial charge in [-0.25, -0.2) is 14.4 Å². The molecular formula is C22H30O8. The van der Waals surface area contributed by atoms with Gasteiger partial charge >= 0.3 is 17.9 Å². The number of rotatable bonds is 4. The van der Waals surface area contributed by atoms with Crippen LogP contribution in [0.5, 0.6) is 0 Å². The van der Waals surface area contributed by atoms with Crippen LogP contribution in [0.2, 0.25) is 0 Å². The van der Waals surface area contributed by atoms with Gasteiger partial charge in [0.15, 0.2) is 0 Å². The Hall–Kier alpha value is -2.19. The Morgan fingerprint density at radius 2 is 2.00 bits per heavy atom. The van der Waals surface area contributed by atoms with E-state index < -0.39 is 35.5 Å². The van der Waals surface area contributed by atoms with Crippen LogP contribution in [0.3, 0.4) is 0 Å². The molecule has 0 aromatic heterocycles. The van der Waals surface area contributed by atoms with Gasteiger partial charge in [-0.05, 0) is 49.4 Å². The Morgan fingerprint density at radius 3 is 2.60 bits per heavy atom. The molecule has 1 saturated heterocycles. The smallest absolute Gasteiger partial charge is 0.417 e. The van der Waals surface area contributed by atoms with Crippen LogP contribution in [-0.4, -0.2) is 58.6 Å². The molecule has 8 heteroatoms. The second kappa shape index (κ2) is 8.15. The molecule has 8 nitrogen and oxygen atoms in total. The molecule has 0 aromatic carbocycles. The summed E-state index contributed by atoms with van der Waals surface area (Å²) in [5.41, 5.74) is 0.231. The number of carbonyl (C=O) groups excluding carboxylic acids is 2. The normalized spacial score (nSPS) is 40.1. The van der Waals surface area contributed by atoms with E-state index in [9.17, 15) is 24.6 Å². The van der Waals surface area contributed by atoms with Crippen LogP contribution >= 0.6 is 0 Å². The molecule has 1 aliphatic heterocycles. The lowest BCUT2D eigenvalue weighted by Gasteiger charge is -2.60. The van der Waals surface area contributed by atoms with Crippen molar-refractivity contribution in [2.24, 2.45) is 22.7 Å². The van der Waals surface area contributed by atoms with Crippen molar-refractivity contribution in [3.8, 4) is 0 Å². The van der Waals surface area contributed by atoms with Crippen LogP contribution in [0, 0.1) is 22.7 Å². The van der Waals surface area contributed by atoms with Crippen LogP contribution in [-0.2, 0) is 23.9 Å². The van der Waals surface area contributed by atoms with E-state index in [2.05, 4.69) is 13.5 Å². The van der Waals surface area contributed by atoms with E-state index in [4.69, 9.17) is 14.6 Å². The number of aliphatic hydroxyl groups excluding tert-OH is 2. The molecule has 30 heavy (non-hydrogen) atoms. The first kappa shape index (κ1) is 22.5. The van der Waals surface area contributed by atoms with Crippen LogP contribution in [0.4, 0.5) is 0 Å². The monoisotopic (exact) mass is 422 g/mol. The summed E-state index contributed by atoms with van der Waals surface area (Å²) < 4.78 is 9.90. The van der Waals surface area contributed by atoms with E-state index in [0.717, 1.165) is 24.8 Å². The van der Waals surface area contributed by atoms with Crippen molar-refractivity contribution < 1.29 is 39.2 Å². The fourth-order valence-corrected chi connectivity index (χ4v) is 5.83. The summed E-state index contributed by atoms with van der Waals surface area (Å²) in [6.07, 6.45) is 3.26. The highest BCUT2D eigenvalue weighted by Gasteiger charge is 2.58. The number of aliphatic carboxylic acids is 1. The fourth-order valence-electron chi connectivity index (χ4n) is 5.83. The Morgan fingerprint density at radius 1 is 1.30 bits per heavy atom. The molecule has 0 radical (unpaired) electrons. The summed E-state index contributed by atoms with van der Waals surface area (Å²) >= 11 is 0. The SMILES string of the molecule is C=C1CC[C@H]2[C@](C)(COC(=O)C(=O)O)[C@@H](O)CC[C@]2(C)[C@H]1C/C=C1/C(=O)OC[C@H]1O. The molecule has 6 atom stereocenters. The number of esters is 2. The Kier molecular flexibility index (Phi) is 6.11. The summed E-state index contributed by atoms with van der Waals surface area (Å²) in [7, 11) is 0. The lowest BCUT2D eigenvalue weighted by molar-refractivity contribution is -0.181. The quantitative estimate of drug-likeness (QED) is 0.270. The molecule has 3 aliphatic rings. The molecule has 0 bridgehead atoms. The molecule has 0 unspecified atom stereocenters. The number of fused-ring (bicyclic) bond motifs is 1. The van der Waals surface area contributed by atoms with E-state index in [1.54, 1.807) is 6.08 Å². The lowest BCUT2D eigenvalue weighted by atomic mass is 9.46. The maximum atomic E-state index is 11.8. The molecule has 3 fully saturated rings. The van der Waals surface area contributed by atoms with Gasteiger partial charge in [0, 0.05) is 5.41 Å². The van der Waals surface area contributed by atoms with E-state index >= 15 is 0 Å². The highest BCUT2D eigenvalue weighted by Crippen LogP contribution is 2.61. The van der Waals surface area contributed by atoms with Gasteiger partial charge in [-0.2, -0.15) is 0 Å². The number of hydrogen-bond acceptors (Lipinski definition) is 7. The Labute approximate surface area is 175 Å². The maximum Gasteiger partial charge on any atom is 0.417 e. The fraction of sp³-hybridized carbons (Fsp3) is 0.682. The van der Waals surface area contributed by atoms with Gasteiger partial charge in [-0.3, -0.25) is 0 Å². The summed E-state index contributed by atoms with van der Waals surface area (Å²) in [6.45, 7) is 8.00. The molecule has 3 rings (SSSR count). The van der Waals surface area contributed by atoms with Crippen molar-refractivity contribution >= 4 is 17.9 Å². The first-order valence-corrected chi connectivity index (χ1v) is 10.3. The van der Waals surface area contributed by atoms with Crippen LogP contribution in [0.15, 0.2) is 23.8 Å². The predicted octanol–water partition coefficient (Wildman–Crippen LogP) is 1.60. The predicted molar refractivity (Wildman–Crippen MR) is 105 cm³/mol. The number of allylic oxidation sites excluding steroid dienone is 2. The minimum atomic E-state index is -1.66. The number of ether oxygens (including phenoxy) is 2. The Balaban J connectivity index is 1.86. The minimum Gasteiger partial charge on any atom is -0.473 e. The number of carboxylic acids is 1. The van der Waals surface area contributed by atoms with Crippen LogP contribution < -0.4 is 0 Å². The largest absolute Gasteiger partial charge is 0.473 e. The van der Waals surface area contributed by atoms with Gasteiger partial charge in [0.2, 0.25) is 0 Å². The van der Waals surface area contributed by atoms with Crippen molar-refractivity contribution in [2.45, 2.75) is 58.2 Å². The van der Waals surface area contributed by atoms with Crippen molar-refractivity contribution in [2.75, 3.05) is 13.2 Å². The average Bonchev–Trinajstić information content (AvgIpc) is 3.00. The van der Waals surface area contributed by atoms with Crippen molar-refractivity contribution in [3.05, 3.63) is 23.8 Å². The van der Waals surface area contributed by atoms with E-state index in [0.29, 0.717) is 12.8 Å². The van der Waals surface area contributed by atoms with Crippen LogP contribution in [0.1, 0.15) is 46.0 Å². The number of hydrogen-bond donors (Lipinski definition) is 3. The molecular weight excluding hydrogens is 392 g/mol. The molecule has 0 aromatic rings. The zero-order valence-corrected chi connectivity index (χ0v) is 17.4. The van der Waals surface area contributed by atoms with Gasteiger partial charge in [0.25, 0.3) is 0 Å². The average molecular weight is 422 g/mol. The summed E-state index contributed by atoms with van der Waals surface area (Å²) in [4.78, 5) is 34.2. The summed E-state index contributed by atoms with van der Waals surface area (Å²) in [5.74, 6) is -3.52. The first-order valence-electron chi connectivity index (χ1n) is 10.3. The van der Waals surface area contributed by atoms with Crippen molar-refractivity contribution in [1.82, 2.24) is 0 Å². The maximum absolute atomic E-state index is 11.8. The molecule has 0 spiro atoms. The number of carboxylic acid groups (broad SMARTS) is 1. The van der Waals surface area contributed by atoms with E-state index in [-0.39, 0.29) is 36.0 Å². The van der Waals surface area contributed by atoms with Gasteiger partial charge < -0.3 is 24.8 Å². The molecule has 2 aliphatic carbocycles. The van der Waals surface area contributed by atoms with Crippen LogP contribution in [0.25, 0.3) is 0 Å². The zero-order valence-electron chi connectivity index (χ0n) is 17.4. The molecule has 3 N–H and O–H groups in total. The van der Waals surface area contributed by atoms with Crippen molar-refractivity contribution in [1.29, 1.82) is 0 Å². The van der Waals surface area contributed by atoms with Gasteiger partial charge in [-0.1, -0.05) is 32.1 Å². The topological polar surface area (TPSA) is 130 Å². The van der Waals surface area contributed by atoms with Crippen molar-refractivity contribution in [3.63, 3.8) is 0 Å². The zero-order chi connectivity index (χ0) is 22.3. The molecule has 1 heterocycles. The highest BCUT2D eigenvalue weighted by atomic mass is 16.6. The summed E-state index contributed by atoms with van der Waals surface area (Å²) in [6, 6.07) is 0. The minimum absolute atomic E-state index is 0.00588. The third-order valence-corrected chi connectivity index (χ3v) is 7.58. The standard InChI is InChI=1S/C22H30O8/c1-12-4-7-16-21(2,14(12)6-5-13-15(23)10-29-19(13)27)9-8-17(24)22(16,3)11-30-20(28)18(25)26/h5,14-17,23-24H,1,4,6-11H2,2-3H3,(H,25,26)/b13-5+/t14-,15+,16+,17-,21+,22-/m0/s1.